The Kier molecular flexibility index (Phi) is 3.31. The van der Waals surface area contributed by atoms with Crippen LogP contribution in [-0.4, -0.2) is 27.1 Å². The van der Waals surface area contributed by atoms with Gasteiger partial charge in [0.1, 0.15) is 5.82 Å². The van der Waals surface area contributed by atoms with Gasteiger partial charge in [-0.3, -0.25) is 4.79 Å². The number of aromatic nitrogens is 2. The average molecular weight is 286 g/mol. The van der Waals surface area contributed by atoms with Crippen molar-refractivity contribution in [3.63, 3.8) is 0 Å². The second-order valence-corrected chi connectivity index (χ2v) is 4.82. The molecule has 21 heavy (non-hydrogen) atoms. The Bertz CT molecular complexity index is 708. The van der Waals surface area contributed by atoms with Crippen molar-refractivity contribution in [3.8, 4) is 11.3 Å². The quantitative estimate of drug-likeness (QED) is 0.689. The van der Waals surface area contributed by atoms with Crippen molar-refractivity contribution in [2.45, 2.75) is 19.4 Å². The number of amides is 2. The molecule has 0 saturated heterocycles. The minimum atomic E-state index is -1.09. The highest BCUT2D eigenvalue weighted by atomic mass is 16.4. The van der Waals surface area contributed by atoms with E-state index >= 15 is 0 Å². The molecule has 0 spiro atoms. The van der Waals surface area contributed by atoms with Crippen LogP contribution in [0.2, 0.25) is 0 Å². The fourth-order valence-electron chi connectivity index (χ4n) is 2.31. The van der Waals surface area contributed by atoms with Crippen LogP contribution in [0.4, 0.5) is 10.5 Å². The van der Waals surface area contributed by atoms with E-state index in [1.54, 1.807) is 6.20 Å². The molecule has 108 valence electrons. The molecule has 7 heteroatoms. The molecular formula is C14H14N4O3. The highest BCUT2D eigenvalue weighted by Crippen LogP contribution is 2.27. The minimum Gasteiger partial charge on any atom is -0.465 e. The number of anilines is 1. The van der Waals surface area contributed by atoms with Gasteiger partial charge in [0.2, 0.25) is 5.91 Å². The molecule has 1 aliphatic rings. The molecule has 0 atom stereocenters. The molecule has 4 N–H and O–H groups in total. The standard InChI is InChI=1S/C14H14N4O3/c19-13-4-2-8-5-9(1-3-10(8)18-13)11-6-15-12(17-11)7-16-14(20)21/h1,3,5-6,16H,2,4,7H2,(H,15,17)(H,18,19)(H,20,21). The third kappa shape index (κ3) is 2.86. The number of hydrogen-bond donors (Lipinski definition) is 4. The van der Waals surface area contributed by atoms with Gasteiger partial charge >= 0.3 is 6.09 Å². The van der Waals surface area contributed by atoms with Crippen LogP contribution in [0.5, 0.6) is 0 Å². The first-order chi connectivity index (χ1) is 10.1. The first kappa shape index (κ1) is 13.2. The van der Waals surface area contributed by atoms with Crippen LogP contribution in [0.3, 0.4) is 0 Å². The summed E-state index contributed by atoms with van der Waals surface area (Å²) in [5.74, 6) is 0.595. The second-order valence-electron chi connectivity index (χ2n) is 4.82. The topological polar surface area (TPSA) is 107 Å². The number of rotatable bonds is 3. The maximum Gasteiger partial charge on any atom is 0.405 e. The lowest BCUT2D eigenvalue weighted by Gasteiger charge is -2.17. The van der Waals surface area contributed by atoms with Crippen LogP contribution in [0, 0.1) is 0 Å². The SMILES string of the molecule is O=C(O)NCc1ncc(-c2ccc3c(c2)CCC(=O)N3)[nH]1. The first-order valence-electron chi connectivity index (χ1n) is 6.55. The maximum absolute atomic E-state index is 11.3. The monoisotopic (exact) mass is 286 g/mol. The number of benzene rings is 1. The molecule has 2 heterocycles. The Balaban J connectivity index is 1.81. The summed E-state index contributed by atoms with van der Waals surface area (Å²) in [5, 5.41) is 13.7. The van der Waals surface area contributed by atoms with E-state index in [9.17, 15) is 9.59 Å². The van der Waals surface area contributed by atoms with Gasteiger partial charge in [0.25, 0.3) is 0 Å². The second kappa shape index (κ2) is 5.28. The van der Waals surface area contributed by atoms with E-state index in [0.717, 1.165) is 28.9 Å². The van der Waals surface area contributed by atoms with Crippen molar-refractivity contribution in [2.24, 2.45) is 0 Å². The van der Waals surface area contributed by atoms with E-state index in [2.05, 4.69) is 20.6 Å². The molecule has 0 saturated carbocycles. The largest absolute Gasteiger partial charge is 0.465 e. The summed E-state index contributed by atoms with van der Waals surface area (Å²) in [4.78, 5) is 29.0. The Morgan fingerprint density at radius 2 is 2.24 bits per heavy atom. The lowest BCUT2D eigenvalue weighted by molar-refractivity contribution is -0.116. The lowest BCUT2D eigenvalue weighted by Crippen LogP contribution is -2.20. The molecule has 0 aliphatic carbocycles. The summed E-state index contributed by atoms with van der Waals surface area (Å²) >= 11 is 0. The molecule has 0 unspecified atom stereocenters. The summed E-state index contributed by atoms with van der Waals surface area (Å²) in [6.07, 6.45) is 1.80. The van der Waals surface area contributed by atoms with Crippen LogP contribution < -0.4 is 10.6 Å². The van der Waals surface area contributed by atoms with E-state index in [1.165, 1.54) is 0 Å². The van der Waals surface area contributed by atoms with Gasteiger partial charge in [0.15, 0.2) is 0 Å². The molecular weight excluding hydrogens is 272 g/mol. The highest BCUT2D eigenvalue weighted by Gasteiger charge is 2.15. The maximum atomic E-state index is 11.3. The molecule has 7 nitrogen and oxygen atoms in total. The van der Waals surface area contributed by atoms with E-state index in [1.807, 2.05) is 18.2 Å². The highest BCUT2D eigenvalue weighted by molar-refractivity contribution is 5.94. The number of aromatic amines is 1. The zero-order valence-electron chi connectivity index (χ0n) is 11.1. The van der Waals surface area contributed by atoms with Gasteiger partial charge < -0.3 is 20.7 Å². The summed E-state index contributed by atoms with van der Waals surface area (Å²) in [6.45, 7) is 0.135. The normalized spacial score (nSPS) is 13.4. The van der Waals surface area contributed by atoms with Gasteiger partial charge in [0, 0.05) is 12.1 Å². The van der Waals surface area contributed by atoms with E-state index in [-0.39, 0.29) is 12.5 Å². The van der Waals surface area contributed by atoms with Crippen molar-refractivity contribution in [2.75, 3.05) is 5.32 Å². The van der Waals surface area contributed by atoms with Crippen LogP contribution >= 0.6 is 0 Å². The third-order valence-corrected chi connectivity index (χ3v) is 3.35. The fraction of sp³-hybridized carbons (Fsp3) is 0.214. The molecule has 0 fully saturated rings. The van der Waals surface area contributed by atoms with Gasteiger partial charge in [0.05, 0.1) is 18.4 Å². The molecule has 0 bridgehead atoms. The van der Waals surface area contributed by atoms with Crippen LogP contribution in [-0.2, 0) is 17.8 Å². The minimum absolute atomic E-state index is 0.0406. The smallest absolute Gasteiger partial charge is 0.405 e. The van der Waals surface area contributed by atoms with Crippen LogP contribution in [0.15, 0.2) is 24.4 Å². The predicted molar refractivity (Wildman–Crippen MR) is 75.8 cm³/mol. The lowest BCUT2D eigenvalue weighted by atomic mass is 9.99. The van der Waals surface area contributed by atoms with Crippen LogP contribution in [0.25, 0.3) is 11.3 Å². The predicted octanol–water partition coefficient (Wildman–Crippen LogP) is 1.73. The Hall–Kier alpha value is -2.83. The van der Waals surface area contributed by atoms with Gasteiger partial charge in [-0.15, -0.1) is 0 Å². The van der Waals surface area contributed by atoms with Crippen molar-refractivity contribution in [3.05, 3.63) is 35.8 Å². The zero-order valence-corrected chi connectivity index (χ0v) is 11.1. The van der Waals surface area contributed by atoms with Crippen molar-refractivity contribution in [1.29, 1.82) is 0 Å². The zero-order chi connectivity index (χ0) is 14.8. The first-order valence-corrected chi connectivity index (χ1v) is 6.55. The van der Waals surface area contributed by atoms with Gasteiger partial charge in [-0.2, -0.15) is 0 Å². The van der Waals surface area contributed by atoms with E-state index in [0.29, 0.717) is 12.2 Å². The van der Waals surface area contributed by atoms with Gasteiger partial charge in [-0.1, -0.05) is 6.07 Å². The Labute approximate surface area is 120 Å². The number of carbonyl (C=O) groups is 2. The van der Waals surface area contributed by atoms with Gasteiger partial charge in [-0.25, -0.2) is 9.78 Å². The average Bonchev–Trinajstić information content (AvgIpc) is 2.93. The molecule has 1 aliphatic heterocycles. The summed E-state index contributed by atoms with van der Waals surface area (Å²) in [7, 11) is 0. The number of carbonyl (C=O) groups excluding carboxylic acids is 1. The molecule has 1 aromatic heterocycles. The molecule has 0 radical (unpaired) electrons. The fourth-order valence-corrected chi connectivity index (χ4v) is 2.31. The Morgan fingerprint density at radius 1 is 1.38 bits per heavy atom. The van der Waals surface area contributed by atoms with E-state index < -0.39 is 6.09 Å². The van der Waals surface area contributed by atoms with Crippen molar-refractivity contribution >= 4 is 17.7 Å². The third-order valence-electron chi connectivity index (χ3n) is 3.35. The number of H-pyrrole nitrogens is 1. The number of nitrogens with zero attached hydrogens (tertiary/aromatic N) is 1. The van der Waals surface area contributed by atoms with Crippen molar-refractivity contribution < 1.29 is 14.7 Å². The number of imidazole rings is 1. The Morgan fingerprint density at radius 3 is 3.05 bits per heavy atom. The number of nitrogens with one attached hydrogen (secondary N) is 3. The van der Waals surface area contributed by atoms with Gasteiger partial charge in [-0.05, 0) is 29.7 Å². The van der Waals surface area contributed by atoms with Crippen molar-refractivity contribution in [1.82, 2.24) is 15.3 Å². The number of fused-ring (bicyclic) bond motifs is 1. The number of aryl methyl sites for hydroxylation is 1. The summed E-state index contributed by atoms with van der Waals surface area (Å²) in [6, 6.07) is 5.78. The number of carboxylic acid groups (broad SMARTS) is 1. The molecule has 1 aromatic carbocycles. The van der Waals surface area contributed by atoms with Crippen LogP contribution in [0.1, 0.15) is 17.8 Å². The summed E-state index contributed by atoms with van der Waals surface area (Å²) in [5.41, 5.74) is 3.71. The summed E-state index contributed by atoms with van der Waals surface area (Å²) < 4.78 is 0. The van der Waals surface area contributed by atoms with E-state index in [4.69, 9.17) is 5.11 Å². The molecule has 2 amide bonds. The molecule has 3 rings (SSSR count). The number of hydrogen-bond acceptors (Lipinski definition) is 3. The molecule has 2 aromatic rings.